The van der Waals surface area contributed by atoms with Crippen molar-refractivity contribution in [3.05, 3.63) is 29.8 Å². The van der Waals surface area contributed by atoms with Crippen molar-refractivity contribution in [2.75, 3.05) is 32.8 Å². The molecule has 2 rings (SSSR count). The summed E-state index contributed by atoms with van der Waals surface area (Å²) in [6, 6.07) is 7.40. The van der Waals surface area contributed by atoms with Gasteiger partial charge >= 0.3 is 0 Å². The second-order valence-electron chi connectivity index (χ2n) is 5.28. The van der Waals surface area contributed by atoms with Gasteiger partial charge < -0.3 is 9.84 Å². The third kappa shape index (κ3) is 3.81. The Hall–Kier alpha value is -1.39. The number of ether oxygens (including phenoxy) is 1. The van der Waals surface area contributed by atoms with Crippen molar-refractivity contribution in [2.24, 2.45) is 5.92 Å². The Morgan fingerprint density at radius 3 is 3.00 bits per heavy atom. The zero-order chi connectivity index (χ0) is 14.4. The van der Waals surface area contributed by atoms with Gasteiger partial charge in [-0.25, -0.2) is 0 Å². The predicted molar refractivity (Wildman–Crippen MR) is 78.2 cm³/mol. The van der Waals surface area contributed by atoms with E-state index in [1.54, 1.807) is 0 Å². The van der Waals surface area contributed by atoms with Crippen molar-refractivity contribution < 1.29 is 14.6 Å². The fraction of sp³-hybridized carbons (Fsp3) is 0.562. The molecule has 1 aromatic carbocycles. The minimum atomic E-state index is 0.0904. The van der Waals surface area contributed by atoms with Gasteiger partial charge in [0.05, 0.1) is 18.7 Å². The molecular weight excluding hydrogens is 254 g/mol. The average Bonchev–Trinajstić information content (AvgIpc) is 2.48. The first kappa shape index (κ1) is 15.0. The van der Waals surface area contributed by atoms with Crippen LogP contribution in [0.25, 0.3) is 0 Å². The maximum absolute atomic E-state index is 12.4. The molecule has 0 bridgehead atoms. The van der Waals surface area contributed by atoms with Crippen LogP contribution in [-0.4, -0.2) is 48.6 Å². The number of para-hydroxylation sites is 1. The fourth-order valence-corrected chi connectivity index (χ4v) is 2.71. The van der Waals surface area contributed by atoms with Crippen LogP contribution in [-0.2, 0) is 0 Å². The lowest BCUT2D eigenvalue weighted by atomic mass is 9.98. The molecule has 110 valence electrons. The minimum absolute atomic E-state index is 0.0904. The lowest BCUT2D eigenvalue weighted by molar-refractivity contribution is 0.0830. The molecule has 1 saturated heterocycles. The number of nitrogens with zero attached hydrogens (tertiary/aromatic N) is 1. The van der Waals surface area contributed by atoms with E-state index in [4.69, 9.17) is 4.74 Å². The predicted octanol–water partition coefficient (Wildman–Crippen LogP) is 1.97. The van der Waals surface area contributed by atoms with Gasteiger partial charge in [0.25, 0.3) is 0 Å². The molecule has 1 aromatic rings. The number of hydrogen-bond donors (Lipinski definition) is 1. The van der Waals surface area contributed by atoms with E-state index < -0.39 is 0 Å². The number of aliphatic hydroxyl groups is 1. The van der Waals surface area contributed by atoms with Gasteiger partial charge in [-0.3, -0.25) is 9.69 Å². The van der Waals surface area contributed by atoms with Gasteiger partial charge in [0.2, 0.25) is 0 Å². The summed E-state index contributed by atoms with van der Waals surface area (Å²) in [5.74, 6) is 1.06. The highest BCUT2D eigenvalue weighted by atomic mass is 16.5. The van der Waals surface area contributed by atoms with Gasteiger partial charge in [-0.1, -0.05) is 12.1 Å². The van der Waals surface area contributed by atoms with Crippen LogP contribution >= 0.6 is 0 Å². The molecule has 1 atom stereocenters. The molecular formula is C16H23NO3. The van der Waals surface area contributed by atoms with E-state index in [1.807, 2.05) is 31.2 Å². The number of likely N-dealkylation sites (tertiary alicyclic amines) is 1. The lowest BCUT2D eigenvalue weighted by Gasteiger charge is -2.31. The van der Waals surface area contributed by atoms with Gasteiger partial charge in [-0.2, -0.15) is 0 Å². The van der Waals surface area contributed by atoms with E-state index in [-0.39, 0.29) is 12.4 Å². The number of ketones is 1. The number of hydrogen-bond acceptors (Lipinski definition) is 4. The summed E-state index contributed by atoms with van der Waals surface area (Å²) in [4.78, 5) is 14.6. The van der Waals surface area contributed by atoms with Crippen molar-refractivity contribution >= 4 is 5.78 Å². The number of piperidine rings is 1. The largest absolute Gasteiger partial charge is 0.493 e. The molecule has 1 unspecified atom stereocenters. The van der Waals surface area contributed by atoms with E-state index in [2.05, 4.69) is 4.90 Å². The Morgan fingerprint density at radius 1 is 1.45 bits per heavy atom. The Kier molecular flexibility index (Phi) is 5.56. The van der Waals surface area contributed by atoms with E-state index >= 15 is 0 Å². The molecule has 0 aromatic heterocycles. The summed E-state index contributed by atoms with van der Waals surface area (Å²) in [6.45, 7) is 4.82. The molecule has 0 amide bonds. The van der Waals surface area contributed by atoms with E-state index in [9.17, 15) is 9.90 Å². The van der Waals surface area contributed by atoms with Crippen LogP contribution in [0.2, 0.25) is 0 Å². The van der Waals surface area contributed by atoms with Crippen molar-refractivity contribution in [3.63, 3.8) is 0 Å². The van der Waals surface area contributed by atoms with Gasteiger partial charge in [-0.05, 0) is 44.4 Å². The first-order chi connectivity index (χ1) is 9.74. The molecule has 1 heterocycles. The number of aliphatic hydroxyl groups excluding tert-OH is 1. The molecule has 0 radical (unpaired) electrons. The Balaban J connectivity index is 2.01. The van der Waals surface area contributed by atoms with E-state index in [0.717, 1.165) is 25.9 Å². The summed E-state index contributed by atoms with van der Waals surface area (Å²) < 4.78 is 5.51. The number of carbonyl (C=O) groups is 1. The highest BCUT2D eigenvalue weighted by molar-refractivity contribution is 6.00. The summed E-state index contributed by atoms with van der Waals surface area (Å²) in [6.07, 6.45) is 2.10. The van der Waals surface area contributed by atoms with Gasteiger partial charge in [0, 0.05) is 13.2 Å². The smallest absolute Gasteiger partial charge is 0.180 e. The first-order valence-electron chi connectivity index (χ1n) is 7.32. The summed E-state index contributed by atoms with van der Waals surface area (Å²) in [5, 5.41) is 9.24. The molecule has 1 fully saturated rings. The van der Waals surface area contributed by atoms with E-state index in [1.165, 1.54) is 0 Å². The number of benzene rings is 1. The third-order valence-electron chi connectivity index (χ3n) is 3.72. The minimum Gasteiger partial charge on any atom is -0.493 e. The van der Waals surface area contributed by atoms with Gasteiger partial charge in [0.1, 0.15) is 5.75 Å². The average molecular weight is 277 g/mol. The second kappa shape index (κ2) is 7.41. The first-order valence-corrected chi connectivity index (χ1v) is 7.32. The Bertz CT molecular complexity index is 447. The summed E-state index contributed by atoms with van der Waals surface area (Å²) >= 11 is 0. The van der Waals surface area contributed by atoms with Crippen molar-refractivity contribution in [2.45, 2.75) is 19.8 Å². The van der Waals surface area contributed by atoms with Crippen LogP contribution in [0.4, 0.5) is 0 Å². The van der Waals surface area contributed by atoms with Gasteiger partial charge in [-0.15, -0.1) is 0 Å². The molecule has 4 nitrogen and oxygen atoms in total. The van der Waals surface area contributed by atoms with Crippen molar-refractivity contribution in [1.82, 2.24) is 4.90 Å². The van der Waals surface area contributed by atoms with Gasteiger partial charge in [0.15, 0.2) is 5.78 Å². The molecule has 20 heavy (non-hydrogen) atoms. The highest BCUT2D eigenvalue weighted by Gasteiger charge is 2.22. The maximum atomic E-state index is 12.4. The zero-order valence-electron chi connectivity index (χ0n) is 12.0. The number of Topliss-reactive ketones (excluding diaryl/α,β-unsaturated/α-hetero) is 1. The third-order valence-corrected chi connectivity index (χ3v) is 3.72. The maximum Gasteiger partial charge on any atom is 0.180 e. The highest BCUT2D eigenvalue weighted by Crippen LogP contribution is 2.21. The molecule has 1 aliphatic rings. The van der Waals surface area contributed by atoms with Crippen LogP contribution in [0.3, 0.4) is 0 Å². The van der Waals surface area contributed by atoms with Crippen molar-refractivity contribution in [3.8, 4) is 5.75 Å². The monoisotopic (exact) mass is 277 g/mol. The molecule has 0 saturated carbocycles. The van der Waals surface area contributed by atoms with Crippen LogP contribution in [0.5, 0.6) is 5.75 Å². The van der Waals surface area contributed by atoms with E-state index in [0.29, 0.717) is 30.4 Å². The summed E-state index contributed by atoms with van der Waals surface area (Å²) in [5.41, 5.74) is 0.653. The second-order valence-corrected chi connectivity index (χ2v) is 5.28. The van der Waals surface area contributed by atoms with Crippen molar-refractivity contribution in [1.29, 1.82) is 0 Å². The lowest BCUT2D eigenvalue weighted by Crippen LogP contribution is -2.39. The van der Waals surface area contributed by atoms with Crippen LogP contribution in [0, 0.1) is 5.92 Å². The zero-order valence-corrected chi connectivity index (χ0v) is 12.0. The van der Waals surface area contributed by atoms with Crippen LogP contribution in [0.15, 0.2) is 24.3 Å². The normalized spacial score (nSPS) is 19.8. The van der Waals surface area contributed by atoms with Crippen LogP contribution in [0.1, 0.15) is 30.1 Å². The van der Waals surface area contributed by atoms with Crippen LogP contribution < -0.4 is 4.74 Å². The Labute approximate surface area is 120 Å². The molecule has 0 aliphatic carbocycles. The Morgan fingerprint density at radius 2 is 2.25 bits per heavy atom. The SMILES string of the molecule is CCOc1ccccc1C(=O)CN1CCCC(CO)C1. The molecule has 0 spiro atoms. The molecule has 4 heteroatoms. The fourth-order valence-electron chi connectivity index (χ4n) is 2.71. The molecule has 1 aliphatic heterocycles. The summed E-state index contributed by atoms with van der Waals surface area (Å²) in [7, 11) is 0. The topological polar surface area (TPSA) is 49.8 Å². The number of carbonyl (C=O) groups excluding carboxylic acids is 1. The quantitative estimate of drug-likeness (QED) is 0.808. The number of rotatable bonds is 6. The standard InChI is InChI=1S/C16H23NO3/c1-2-20-16-8-4-3-7-14(16)15(19)11-17-9-5-6-13(10-17)12-18/h3-4,7-8,13,18H,2,5-6,9-12H2,1H3. The molecule has 1 N–H and O–H groups in total.